The lowest BCUT2D eigenvalue weighted by molar-refractivity contribution is -0.142. The van der Waals surface area contributed by atoms with Gasteiger partial charge in [0.2, 0.25) is 5.91 Å². The van der Waals surface area contributed by atoms with Crippen molar-refractivity contribution in [2.75, 3.05) is 26.2 Å². The van der Waals surface area contributed by atoms with Gasteiger partial charge in [-0.3, -0.25) is 9.59 Å². The van der Waals surface area contributed by atoms with Crippen molar-refractivity contribution in [2.24, 2.45) is 5.92 Å². The molecule has 0 aliphatic carbocycles. The van der Waals surface area contributed by atoms with E-state index in [0.29, 0.717) is 22.7 Å². The molecule has 0 saturated carbocycles. The number of methoxy groups -OCH3 is 3. The summed E-state index contributed by atoms with van der Waals surface area (Å²) in [6.45, 7) is 0. The molecule has 0 spiro atoms. The van der Waals surface area contributed by atoms with Crippen LogP contribution in [0.15, 0.2) is 36.4 Å². The van der Waals surface area contributed by atoms with Crippen molar-refractivity contribution < 1.29 is 34.0 Å². The highest BCUT2D eigenvalue weighted by atomic mass is 16.5. The van der Waals surface area contributed by atoms with Crippen LogP contribution in [0.25, 0.3) is 0 Å². The van der Waals surface area contributed by atoms with Gasteiger partial charge < -0.3 is 29.3 Å². The van der Waals surface area contributed by atoms with Crippen LogP contribution >= 0.6 is 0 Å². The SMILES string of the molecule is COc1cc([C@@H]2[C@@H](C(=O)O)CC(=O)N2c2ccc(OC)c(OC)c2)ccc1O. The molecule has 1 amide bonds. The molecule has 8 nitrogen and oxygen atoms in total. The van der Waals surface area contributed by atoms with E-state index in [9.17, 15) is 19.8 Å². The maximum Gasteiger partial charge on any atom is 0.309 e. The van der Waals surface area contributed by atoms with Gasteiger partial charge in [-0.2, -0.15) is 0 Å². The zero-order valence-electron chi connectivity index (χ0n) is 15.7. The number of hydrogen-bond acceptors (Lipinski definition) is 6. The van der Waals surface area contributed by atoms with Crippen LogP contribution in [0.1, 0.15) is 18.0 Å². The predicted molar refractivity (Wildman–Crippen MR) is 100 cm³/mol. The number of hydrogen-bond donors (Lipinski definition) is 2. The highest BCUT2D eigenvalue weighted by molar-refractivity contribution is 6.00. The second-order valence-electron chi connectivity index (χ2n) is 6.33. The molecule has 1 fully saturated rings. The molecular formula is C20H21NO7. The summed E-state index contributed by atoms with van der Waals surface area (Å²) in [5, 5.41) is 19.5. The zero-order chi connectivity index (χ0) is 20.4. The third kappa shape index (κ3) is 3.28. The number of carboxylic acids is 1. The number of carbonyl (C=O) groups is 2. The fourth-order valence-corrected chi connectivity index (χ4v) is 3.49. The van der Waals surface area contributed by atoms with Crippen molar-refractivity contribution >= 4 is 17.6 Å². The second-order valence-corrected chi connectivity index (χ2v) is 6.33. The van der Waals surface area contributed by atoms with E-state index >= 15 is 0 Å². The molecule has 2 aromatic rings. The minimum absolute atomic E-state index is 0.0693. The number of phenols is 1. The molecule has 0 unspecified atom stereocenters. The lowest BCUT2D eigenvalue weighted by Crippen LogP contribution is -2.30. The first-order chi connectivity index (χ1) is 13.4. The number of nitrogens with zero attached hydrogens (tertiary/aromatic N) is 1. The maximum absolute atomic E-state index is 12.8. The molecule has 1 heterocycles. The van der Waals surface area contributed by atoms with Gasteiger partial charge in [0.05, 0.1) is 33.3 Å². The van der Waals surface area contributed by atoms with Gasteiger partial charge in [0.15, 0.2) is 23.0 Å². The van der Waals surface area contributed by atoms with Gasteiger partial charge in [-0.1, -0.05) is 6.07 Å². The first-order valence-corrected chi connectivity index (χ1v) is 8.55. The Morgan fingerprint density at radius 2 is 1.68 bits per heavy atom. The van der Waals surface area contributed by atoms with Crippen LogP contribution in [0.2, 0.25) is 0 Å². The largest absolute Gasteiger partial charge is 0.504 e. The zero-order valence-corrected chi connectivity index (χ0v) is 15.7. The van der Waals surface area contributed by atoms with Gasteiger partial charge >= 0.3 is 5.97 Å². The predicted octanol–water partition coefficient (Wildman–Crippen LogP) is 2.60. The Hall–Kier alpha value is -3.42. The molecule has 0 bridgehead atoms. The number of aromatic hydroxyl groups is 1. The molecule has 0 aromatic heterocycles. The summed E-state index contributed by atoms with van der Waals surface area (Å²) in [5.74, 6) is -1.29. The van der Waals surface area contributed by atoms with E-state index < -0.39 is 17.9 Å². The summed E-state index contributed by atoms with van der Waals surface area (Å²) >= 11 is 0. The number of aliphatic carboxylic acids is 1. The van der Waals surface area contributed by atoms with E-state index in [2.05, 4.69) is 0 Å². The standard InChI is InChI=1S/C20H21NO7/c1-26-15-7-5-12(9-17(15)28-3)21-18(23)10-13(20(24)25)19(21)11-4-6-14(22)16(8-11)27-2/h4-9,13,19,22H,10H2,1-3H3,(H,24,25)/t13-,19+/m0/s1. The normalized spacial score (nSPS) is 18.8. The van der Waals surface area contributed by atoms with Crippen molar-refractivity contribution in [2.45, 2.75) is 12.5 Å². The maximum atomic E-state index is 12.8. The van der Waals surface area contributed by atoms with Crippen molar-refractivity contribution in [3.8, 4) is 23.0 Å². The van der Waals surface area contributed by atoms with Gasteiger partial charge in [-0.25, -0.2) is 0 Å². The molecule has 28 heavy (non-hydrogen) atoms. The van der Waals surface area contributed by atoms with E-state index in [1.54, 1.807) is 30.3 Å². The van der Waals surface area contributed by atoms with E-state index in [0.717, 1.165) is 0 Å². The molecule has 1 aliphatic rings. The summed E-state index contributed by atoms with van der Waals surface area (Å²) in [5.41, 5.74) is 1.03. The lowest BCUT2D eigenvalue weighted by atomic mass is 9.93. The van der Waals surface area contributed by atoms with Crippen LogP contribution < -0.4 is 19.1 Å². The molecule has 8 heteroatoms. The van der Waals surface area contributed by atoms with Crippen LogP contribution in [-0.2, 0) is 9.59 Å². The molecule has 2 aromatic carbocycles. The summed E-state index contributed by atoms with van der Waals surface area (Å²) in [6, 6.07) is 8.75. The van der Waals surface area contributed by atoms with Crippen LogP contribution in [0.4, 0.5) is 5.69 Å². The van der Waals surface area contributed by atoms with Gasteiger partial charge in [-0.05, 0) is 29.8 Å². The van der Waals surface area contributed by atoms with Crippen molar-refractivity contribution in [1.29, 1.82) is 0 Å². The first kappa shape index (κ1) is 19.3. The van der Waals surface area contributed by atoms with Crippen LogP contribution in [-0.4, -0.2) is 43.4 Å². The first-order valence-electron chi connectivity index (χ1n) is 8.55. The third-order valence-corrected chi connectivity index (χ3v) is 4.83. The summed E-state index contributed by atoms with van der Waals surface area (Å²) in [4.78, 5) is 26.0. The Morgan fingerprint density at radius 1 is 1.00 bits per heavy atom. The lowest BCUT2D eigenvalue weighted by Gasteiger charge is -2.28. The minimum atomic E-state index is -1.08. The van der Waals surface area contributed by atoms with E-state index in [4.69, 9.17) is 14.2 Å². The fraction of sp³-hybridized carbons (Fsp3) is 0.300. The van der Waals surface area contributed by atoms with Crippen LogP contribution in [0.3, 0.4) is 0 Å². The summed E-state index contributed by atoms with van der Waals surface area (Å²) in [6.07, 6.45) is -0.141. The smallest absolute Gasteiger partial charge is 0.309 e. The summed E-state index contributed by atoms with van der Waals surface area (Å²) in [7, 11) is 4.39. The Balaban J connectivity index is 2.12. The molecule has 2 N–H and O–H groups in total. The molecule has 1 saturated heterocycles. The Morgan fingerprint density at radius 3 is 2.29 bits per heavy atom. The molecule has 0 radical (unpaired) electrons. The highest BCUT2D eigenvalue weighted by Gasteiger charge is 2.45. The minimum Gasteiger partial charge on any atom is -0.504 e. The van der Waals surface area contributed by atoms with Crippen LogP contribution in [0, 0.1) is 5.92 Å². The number of benzene rings is 2. The van der Waals surface area contributed by atoms with Gasteiger partial charge in [-0.15, -0.1) is 0 Å². The number of amides is 1. The number of rotatable bonds is 6. The van der Waals surface area contributed by atoms with Crippen molar-refractivity contribution in [3.63, 3.8) is 0 Å². The highest BCUT2D eigenvalue weighted by Crippen LogP contribution is 2.45. The molecule has 148 valence electrons. The number of anilines is 1. The molecule has 2 atom stereocenters. The van der Waals surface area contributed by atoms with Crippen molar-refractivity contribution in [3.05, 3.63) is 42.0 Å². The summed E-state index contributed by atoms with van der Waals surface area (Å²) < 4.78 is 15.7. The number of phenolic OH excluding ortho intramolecular Hbond substituents is 1. The van der Waals surface area contributed by atoms with Crippen LogP contribution in [0.5, 0.6) is 23.0 Å². The topological polar surface area (TPSA) is 106 Å². The van der Waals surface area contributed by atoms with Gasteiger partial charge in [0.1, 0.15) is 0 Å². The Kier molecular flexibility index (Phi) is 5.30. The molecular weight excluding hydrogens is 366 g/mol. The van der Waals surface area contributed by atoms with E-state index in [-0.39, 0.29) is 23.8 Å². The van der Waals surface area contributed by atoms with Gasteiger partial charge in [0.25, 0.3) is 0 Å². The average molecular weight is 387 g/mol. The second kappa shape index (κ2) is 7.67. The average Bonchev–Trinajstić information content (AvgIpc) is 3.05. The molecule has 1 aliphatic heterocycles. The fourth-order valence-electron chi connectivity index (χ4n) is 3.49. The van der Waals surface area contributed by atoms with Gasteiger partial charge in [0, 0.05) is 18.2 Å². The number of carbonyl (C=O) groups excluding carboxylic acids is 1. The van der Waals surface area contributed by atoms with Crippen molar-refractivity contribution in [1.82, 2.24) is 0 Å². The Labute approximate surface area is 161 Å². The Bertz CT molecular complexity index is 911. The number of ether oxygens (including phenoxy) is 3. The van der Waals surface area contributed by atoms with E-state index in [1.165, 1.54) is 32.3 Å². The third-order valence-electron chi connectivity index (χ3n) is 4.83. The monoisotopic (exact) mass is 387 g/mol. The number of carboxylic acid groups (broad SMARTS) is 1. The quantitative estimate of drug-likeness (QED) is 0.785. The molecule has 3 rings (SSSR count). The van der Waals surface area contributed by atoms with E-state index in [1.807, 2.05) is 0 Å².